The van der Waals surface area contributed by atoms with Gasteiger partial charge in [-0.25, -0.2) is 4.68 Å². The first-order valence-electron chi connectivity index (χ1n) is 8.63. The van der Waals surface area contributed by atoms with Crippen molar-refractivity contribution in [3.05, 3.63) is 41.7 Å². The summed E-state index contributed by atoms with van der Waals surface area (Å²) < 4.78 is 6.73. The lowest BCUT2D eigenvalue weighted by atomic mass is 10.2. The average molecular weight is 358 g/mol. The van der Waals surface area contributed by atoms with Crippen LogP contribution in [0.4, 0.5) is 5.69 Å². The summed E-state index contributed by atoms with van der Waals surface area (Å²) in [5, 5.41) is 7.46. The van der Waals surface area contributed by atoms with Crippen molar-refractivity contribution >= 4 is 17.6 Å². The number of nitrogens with zero attached hydrogens (tertiary/aromatic N) is 3. The van der Waals surface area contributed by atoms with E-state index in [9.17, 15) is 9.59 Å². The second-order valence-corrected chi connectivity index (χ2v) is 6.18. The number of hydrogen-bond donors (Lipinski definition) is 1. The Kier molecular flexibility index (Phi) is 6.52. The molecule has 7 nitrogen and oxygen atoms in total. The Balaban J connectivity index is 2.12. The molecule has 140 valence electrons. The molecule has 1 aromatic carbocycles. The molecule has 1 atom stereocenters. The summed E-state index contributed by atoms with van der Waals surface area (Å²) in [6.07, 6.45) is 0. The second kappa shape index (κ2) is 8.62. The number of nitrogens with one attached hydrogen (secondary N) is 1. The average Bonchev–Trinajstić information content (AvgIpc) is 2.90. The van der Waals surface area contributed by atoms with Gasteiger partial charge >= 0.3 is 5.97 Å². The normalized spacial score (nSPS) is 12.1. The third kappa shape index (κ3) is 4.49. The highest BCUT2D eigenvalue weighted by Gasteiger charge is 2.23. The van der Waals surface area contributed by atoms with Crippen LogP contribution in [0.3, 0.4) is 0 Å². The zero-order chi connectivity index (χ0) is 19.3. The number of aryl methyl sites for hydroxylation is 1. The molecule has 0 aliphatic heterocycles. The third-order valence-electron chi connectivity index (χ3n) is 4.26. The summed E-state index contributed by atoms with van der Waals surface area (Å²) in [5.74, 6) is -0.547. The number of benzene rings is 1. The summed E-state index contributed by atoms with van der Waals surface area (Å²) in [7, 11) is 1.72. The van der Waals surface area contributed by atoms with E-state index in [2.05, 4.69) is 10.4 Å². The molecule has 0 bridgehead atoms. The summed E-state index contributed by atoms with van der Waals surface area (Å²) in [6, 6.07) is 9.26. The van der Waals surface area contributed by atoms with Crippen molar-refractivity contribution in [3.63, 3.8) is 0 Å². The van der Waals surface area contributed by atoms with Gasteiger partial charge in [0.15, 0.2) is 0 Å². The fourth-order valence-corrected chi connectivity index (χ4v) is 2.62. The predicted molar refractivity (Wildman–Crippen MR) is 100 cm³/mol. The molecule has 1 unspecified atom stereocenters. The molecule has 1 heterocycles. The predicted octanol–water partition coefficient (Wildman–Crippen LogP) is 2.31. The zero-order valence-electron chi connectivity index (χ0n) is 15.9. The van der Waals surface area contributed by atoms with Gasteiger partial charge in [0.05, 0.1) is 42.0 Å². The lowest BCUT2D eigenvalue weighted by Crippen LogP contribution is -2.42. The quantitative estimate of drug-likeness (QED) is 0.769. The molecule has 7 heteroatoms. The maximum atomic E-state index is 12.6. The third-order valence-corrected chi connectivity index (χ3v) is 4.26. The topological polar surface area (TPSA) is 76.5 Å². The molecule has 26 heavy (non-hydrogen) atoms. The molecule has 2 aromatic rings. The van der Waals surface area contributed by atoms with Crippen LogP contribution < -0.4 is 5.32 Å². The second-order valence-electron chi connectivity index (χ2n) is 6.18. The first-order chi connectivity index (χ1) is 12.3. The highest BCUT2D eigenvalue weighted by atomic mass is 16.5. The minimum atomic E-state index is -0.488. The first kappa shape index (κ1) is 19.7. The van der Waals surface area contributed by atoms with Crippen LogP contribution in [0.2, 0.25) is 0 Å². The van der Waals surface area contributed by atoms with Gasteiger partial charge in [-0.3, -0.25) is 14.5 Å². The molecule has 1 aromatic heterocycles. The lowest BCUT2D eigenvalue weighted by Gasteiger charge is -2.22. The van der Waals surface area contributed by atoms with E-state index in [-0.39, 0.29) is 18.4 Å². The zero-order valence-corrected chi connectivity index (χ0v) is 15.9. The molecular weight excluding hydrogens is 332 g/mol. The summed E-state index contributed by atoms with van der Waals surface area (Å²) in [4.78, 5) is 25.9. The number of amides is 1. The molecule has 0 saturated heterocycles. The Morgan fingerprint density at radius 3 is 2.54 bits per heavy atom. The van der Waals surface area contributed by atoms with Crippen LogP contribution >= 0.6 is 0 Å². The van der Waals surface area contributed by atoms with Crippen LogP contribution in [0.15, 0.2) is 30.3 Å². The number of esters is 1. The maximum absolute atomic E-state index is 12.6. The lowest BCUT2D eigenvalue weighted by molar-refractivity contribution is -0.144. The summed E-state index contributed by atoms with van der Waals surface area (Å²) >= 11 is 0. The SMILES string of the molecule is CCOC(=O)CN(C)C(C)C(=O)Nc1c(C)nn(-c2ccccc2)c1C. The van der Waals surface area contributed by atoms with Crippen molar-refractivity contribution < 1.29 is 14.3 Å². The number of para-hydroxylation sites is 1. The summed E-state index contributed by atoms with van der Waals surface area (Å²) in [6.45, 7) is 7.66. The molecule has 1 N–H and O–H groups in total. The Labute approximate surface area is 153 Å². The fourth-order valence-electron chi connectivity index (χ4n) is 2.62. The van der Waals surface area contributed by atoms with E-state index in [1.54, 1.807) is 30.5 Å². The number of rotatable bonds is 7. The van der Waals surface area contributed by atoms with Gasteiger partial charge < -0.3 is 10.1 Å². The van der Waals surface area contributed by atoms with Crippen LogP contribution in [-0.2, 0) is 14.3 Å². The number of carbonyl (C=O) groups is 2. The van der Waals surface area contributed by atoms with Gasteiger partial charge in [-0.05, 0) is 46.9 Å². The van der Waals surface area contributed by atoms with E-state index in [0.29, 0.717) is 12.3 Å². The van der Waals surface area contributed by atoms with Crippen LogP contribution in [-0.4, -0.2) is 52.8 Å². The van der Waals surface area contributed by atoms with Gasteiger partial charge in [0, 0.05) is 0 Å². The van der Waals surface area contributed by atoms with Gasteiger partial charge in [-0.15, -0.1) is 0 Å². The van der Waals surface area contributed by atoms with Crippen molar-refractivity contribution in [3.8, 4) is 5.69 Å². The molecule has 0 saturated carbocycles. The Bertz CT molecular complexity index is 771. The van der Waals surface area contributed by atoms with Crippen molar-refractivity contribution in [2.45, 2.75) is 33.7 Å². The van der Waals surface area contributed by atoms with Crippen molar-refractivity contribution in [1.29, 1.82) is 0 Å². The Hall–Kier alpha value is -2.67. The fraction of sp³-hybridized carbons (Fsp3) is 0.421. The van der Waals surface area contributed by atoms with Gasteiger partial charge in [-0.2, -0.15) is 5.10 Å². The maximum Gasteiger partial charge on any atom is 0.320 e. The van der Waals surface area contributed by atoms with Crippen LogP contribution in [0.1, 0.15) is 25.2 Å². The van der Waals surface area contributed by atoms with Gasteiger partial charge in [0.25, 0.3) is 0 Å². The molecular formula is C19H26N4O3. The van der Waals surface area contributed by atoms with E-state index in [1.807, 2.05) is 44.2 Å². The van der Waals surface area contributed by atoms with E-state index >= 15 is 0 Å². The monoisotopic (exact) mass is 358 g/mol. The molecule has 0 radical (unpaired) electrons. The highest BCUT2D eigenvalue weighted by Crippen LogP contribution is 2.23. The van der Waals surface area contributed by atoms with E-state index in [4.69, 9.17) is 4.74 Å². The van der Waals surface area contributed by atoms with Crippen LogP contribution in [0, 0.1) is 13.8 Å². The van der Waals surface area contributed by atoms with E-state index in [0.717, 1.165) is 17.1 Å². The van der Waals surface area contributed by atoms with E-state index < -0.39 is 6.04 Å². The molecule has 1 amide bonds. The molecule has 0 fully saturated rings. The molecule has 0 spiro atoms. The summed E-state index contributed by atoms with van der Waals surface area (Å²) in [5.41, 5.74) is 3.21. The van der Waals surface area contributed by atoms with Crippen LogP contribution in [0.25, 0.3) is 5.69 Å². The van der Waals surface area contributed by atoms with Crippen molar-refractivity contribution in [2.24, 2.45) is 0 Å². The van der Waals surface area contributed by atoms with E-state index in [1.165, 1.54) is 0 Å². The Morgan fingerprint density at radius 2 is 1.92 bits per heavy atom. The molecule has 0 aliphatic rings. The number of ether oxygens (including phenoxy) is 1. The first-order valence-corrected chi connectivity index (χ1v) is 8.63. The van der Waals surface area contributed by atoms with Gasteiger partial charge in [-0.1, -0.05) is 18.2 Å². The highest BCUT2D eigenvalue weighted by molar-refractivity contribution is 5.95. The number of carbonyl (C=O) groups excluding carboxylic acids is 2. The Morgan fingerprint density at radius 1 is 1.27 bits per heavy atom. The van der Waals surface area contributed by atoms with Gasteiger partial charge in [0.1, 0.15) is 0 Å². The van der Waals surface area contributed by atoms with Gasteiger partial charge in [0.2, 0.25) is 5.91 Å². The van der Waals surface area contributed by atoms with Crippen LogP contribution in [0.5, 0.6) is 0 Å². The number of aromatic nitrogens is 2. The number of hydrogen-bond acceptors (Lipinski definition) is 5. The number of anilines is 1. The standard InChI is InChI=1S/C19H26N4O3/c1-6-26-17(24)12-22(5)15(4)19(25)20-18-13(2)21-23(14(18)3)16-10-8-7-9-11-16/h7-11,15H,6,12H2,1-5H3,(H,20,25). The molecule has 2 rings (SSSR count). The van der Waals surface area contributed by atoms with Crippen molar-refractivity contribution in [2.75, 3.05) is 25.5 Å². The smallest absolute Gasteiger partial charge is 0.320 e. The van der Waals surface area contributed by atoms with Crippen molar-refractivity contribution in [1.82, 2.24) is 14.7 Å². The molecule has 0 aliphatic carbocycles. The number of likely N-dealkylation sites (N-methyl/N-ethyl adjacent to an activating group) is 1. The minimum Gasteiger partial charge on any atom is -0.465 e. The minimum absolute atomic E-state index is 0.0592. The largest absolute Gasteiger partial charge is 0.465 e.